The summed E-state index contributed by atoms with van der Waals surface area (Å²) >= 11 is 0. The van der Waals surface area contributed by atoms with Crippen LogP contribution in [0.5, 0.6) is 5.75 Å². The number of piperidine rings is 1. The summed E-state index contributed by atoms with van der Waals surface area (Å²) in [5.74, 6) is 0.879. The Balaban J connectivity index is 2.01. The normalized spacial score (nSPS) is 21.0. The summed E-state index contributed by atoms with van der Waals surface area (Å²) < 4.78 is 10.5. The Morgan fingerprint density at radius 2 is 1.92 bits per heavy atom. The maximum Gasteiger partial charge on any atom is 0.408 e. The van der Waals surface area contributed by atoms with E-state index in [4.69, 9.17) is 9.47 Å². The molecule has 0 aromatic heterocycles. The van der Waals surface area contributed by atoms with Gasteiger partial charge in [0.15, 0.2) is 0 Å². The van der Waals surface area contributed by atoms with Gasteiger partial charge in [-0.05, 0) is 51.8 Å². The number of likely N-dealkylation sites (tertiary alicyclic amines) is 1. The van der Waals surface area contributed by atoms with Gasteiger partial charge < -0.3 is 19.7 Å². The first-order valence-electron chi connectivity index (χ1n) is 8.52. The maximum absolute atomic E-state index is 12.3. The van der Waals surface area contributed by atoms with Gasteiger partial charge in [-0.15, -0.1) is 0 Å². The molecular formula is C19H28N2O4. The SMILES string of the molecule is COc1ccc(CN2CC(C)(NC(=O)OC(C)(C)C)CCC2=O)cc1. The van der Waals surface area contributed by atoms with Crippen LogP contribution in [-0.2, 0) is 16.1 Å². The van der Waals surface area contributed by atoms with Crippen LogP contribution in [0.4, 0.5) is 4.79 Å². The van der Waals surface area contributed by atoms with E-state index in [-0.39, 0.29) is 5.91 Å². The van der Waals surface area contributed by atoms with Gasteiger partial charge in [0.1, 0.15) is 11.4 Å². The lowest BCUT2D eigenvalue weighted by Gasteiger charge is -2.41. The van der Waals surface area contributed by atoms with Crippen molar-refractivity contribution in [3.8, 4) is 5.75 Å². The lowest BCUT2D eigenvalue weighted by Crippen LogP contribution is -2.58. The molecule has 1 saturated heterocycles. The van der Waals surface area contributed by atoms with Gasteiger partial charge in [0.2, 0.25) is 5.91 Å². The van der Waals surface area contributed by atoms with Crippen molar-refractivity contribution in [2.45, 2.75) is 58.2 Å². The van der Waals surface area contributed by atoms with Crippen LogP contribution in [-0.4, -0.2) is 41.7 Å². The summed E-state index contributed by atoms with van der Waals surface area (Å²) in [7, 11) is 1.62. The molecule has 1 fully saturated rings. The molecule has 1 heterocycles. The Hall–Kier alpha value is -2.24. The molecule has 1 unspecified atom stereocenters. The molecule has 0 spiro atoms. The minimum atomic E-state index is -0.548. The van der Waals surface area contributed by atoms with Gasteiger partial charge in [0.25, 0.3) is 0 Å². The average molecular weight is 348 g/mol. The van der Waals surface area contributed by atoms with Crippen molar-refractivity contribution < 1.29 is 19.1 Å². The number of ether oxygens (including phenoxy) is 2. The predicted octanol–water partition coefficient (Wildman–Crippen LogP) is 3.10. The molecular weight excluding hydrogens is 320 g/mol. The Morgan fingerprint density at radius 1 is 1.28 bits per heavy atom. The van der Waals surface area contributed by atoms with Crippen LogP contribution in [0.1, 0.15) is 46.1 Å². The fourth-order valence-corrected chi connectivity index (χ4v) is 2.88. The Labute approximate surface area is 149 Å². The number of nitrogens with one attached hydrogen (secondary N) is 1. The van der Waals surface area contributed by atoms with Gasteiger partial charge in [-0.1, -0.05) is 12.1 Å². The Kier molecular flexibility index (Phi) is 5.60. The van der Waals surface area contributed by atoms with Crippen LogP contribution in [0, 0.1) is 0 Å². The zero-order valence-corrected chi connectivity index (χ0v) is 15.7. The molecule has 1 aromatic rings. The molecule has 1 N–H and O–H groups in total. The first-order valence-corrected chi connectivity index (χ1v) is 8.52. The van der Waals surface area contributed by atoms with Crippen molar-refractivity contribution in [1.29, 1.82) is 0 Å². The van der Waals surface area contributed by atoms with E-state index in [1.54, 1.807) is 12.0 Å². The highest BCUT2D eigenvalue weighted by Crippen LogP contribution is 2.24. The first kappa shape index (κ1) is 19.1. The number of alkyl carbamates (subject to hydrolysis) is 1. The molecule has 138 valence electrons. The van der Waals surface area contributed by atoms with Crippen molar-refractivity contribution in [3.63, 3.8) is 0 Å². The van der Waals surface area contributed by atoms with E-state index in [1.807, 2.05) is 52.0 Å². The van der Waals surface area contributed by atoms with Gasteiger partial charge in [0.05, 0.1) is 12.6 Å². The lowest BCUT2D eigenvalue weighted by molar-refractivity contribution is -0.136. The quantitative estimate of drug-likeness (QED) is 0.908. The van der Waals surface area contributed by atoms with Crippen molar-refractivity contribution in [1.82, 2.24) is 10.2 Å². The largest absolute Gasteiger partial charge is 0.497 e. The summed E-state index contributed by atoms with van der Waals surface area (Å²) in [4.78, 5) is 26.2. The van der Waals surface area contributed by atoms with E-state index >= 15 is 0 Å². The first-order chi connectivity index (χ1) is 11.6. The highest BCUT2D eigenvalue weighted by Gasteiger charge is 2.37. The average Bonchev–Trinajstić information content (AvgIpc) is 2.50. The van der Waals surface area contributed by atoms with Crippen LogP contribution in [0.15, 0.2) is 24.3 Å². The highest BCUT2D eigenvalue weighted by molar-refractivity contribution is 5.78. The van der Waals surface area contributed by atoms with E-state index in [9.17, 15) is 9.59 Å². The number of amides is 2. The predicted molar refractivity (Wildman–Crippen MR) is 95.4 cm³/mol. The third-order valence-corrected chi connectivity index (χ3v) is 4.12. The summed E-state index contributed by atoms with van der Waals surface area (Å²) in [6.07, 6.45) is 0.556. The molecule has 6 heteroatoms. The Bertz CT molecular complexity index is 621. The molecule has 0 radical (unpaired) electrons. The lowest BCUT2D eigenvalue weighted by atomic mass is 9.90. The maximum atomic E-state index is 12.3. The van der Waals surface area contributed by atoms with Crippen LogP contribution < -0.4 is 10.1 Å². The minimum absolute atomic E-state index is 0.0966. The van der Waals surface area contributed by atoms with Gasteiger partial charge in [-0.25, -0.2) is 4.79 Å². The molecule has 1 aliphatic heterocycles. The molecule has 2 rings (SSSR count). The second-order valence-electron chi connectivity index (χ2n) is 7.79. The van der Waals surface area contributed by atoms with E-state index < -0.39 is 17.2 Å². The van der Waals surface area contributed by atoms with E-state index in [0.29, 0.717) is 25.9 Å². The number of carbonyl (C=O) groups is 2. The molecule has 1 atom stereocenters. The number of rotatable bonds is 4. The zero-order chi connectivity index (χ0) is 18.7. The minimum Gasteiger partial charge on any atom is -0.497 e. The van der Waals surface area contributed by atoms with Crippen molar-refractivity contribution in [3.05, 3.63) is 29.8 Å². The third kappa shape index (κ3) is 5.66. The number of methoxy groups -OCH3 is 1. The van der Waals surface area contributed by atoms with Gasteiger partial charge in [-0.2, -0.15) is 0 Å². The smallest absolute Gasteiger partial charge is 0.408 e. The second-order valence-corrected chi connectivity index (χ2v) is 7.79. The highest BCUT2D eigenvalue weighted by atomic mass is 16.6. The second kappa shape index (κ2) is 7.33. The fraction of sp³-hybridized carbons (Fsp3) is 0.579. The zero-order valence-electron chi connectivity index (χ0n) is 15.7. The van der Waals surface area contributed by atoms with Crippen LogP contribution in [0.25, 0.3) is 0 Å². The summed E-state index contributed by atoms with van der Waals surface area (Å²) in [5.41, 5.74) is -0.0214. The van der Waals surface area contributed by atoms with Crippen molar-refractivity contribution >= 4 is 12.0 Å². The van der Waals surface area contributed by atoms with E-state index in [2.05, 4.69) is 5.32 Å². The molecule has 6 nitrogen and oxygen atoms in total. The summed E-state index contributed by atoms with van der Waals surface area (Å²) in [6, 6.07) is 7.64. The van der Waals surface area contributed by atoms with Gasteiger partial charge in [0, 0.05) is 19.5 Å². The Morgan fingerprint density at radius 3 is 2.48 bits per heavy atom. The number of nitrogens with zero attached hydrogens (tertiary/aromatic N) is 1. The number of hydrogen-bond donors (Lipinski definition) is 1. The number of benzene rings is 1. The third-order valence-electron chi connectivity index (χ3n) is 4.12. The van der Waals surface area contributed by atoms with Gasteiger partial charge in [-0.3, -0.25) is 4.79 Å². The molecule has 0 saturated carbocycles. The molecule has 0 aliphatic carbocycles. The molecule has 0 bridgehead atoms. The van der Waals surface area contributed by atoms with Crippen molar-refractivity contribution in [2.75, 3.05) is 13.7 Å². The molecule has 1 aromatic carbocycles. The summed E-state index contributed by atoms with van der Waals surface area (Å²) in [6.45, 7) is 8.40. The van der Waals surface area contributed by atoms with Gasteiger partial charge >= 0.3 is 6.09 Å². The molecule has 1 aliphatic rings. The van der Waals surface area contributed by atoms with E-state index in [0.717, 1.165) is 11.3 Å². The van der Waals surface area contributed by atoms with Crippen LogP contribution in [0.3, 0.4) is 0 Å². The summed E-state index contributed by atoms with van der Waals surface area (Å²) in [5, 5.41) is 2.93. The van der Waals surface area contributed by atoms with Crippen LogP contribution >= 0.6 is 0 Å². The monoisotopic (exact) mass is 348 g/mol. The molecule has 25 heavy (non-hydrogen) atoms. The number of hydrogen-bond acceptors (Lipinski definition) is 4. The van der Waals surface area contributed by atoms with E-state index in [1.165, 1.54) is 0 Å². The number of carbonyl (C=O) groups excluding carboxylic acids is 2. The standard InChI is InChI=1S/C19H28N2O4/c1-18(2,3)25-17(23)20-19(4)11-10-16(22)21(13-19)12-14-6-8-15(24-5)9-7-14/h6-9H,10-13H2,1-5H3,(H,20,23). The fourth-order valence-electron chi connectivity index (χ4n) is 2.88. The molecule has 2 amide bonds. The topological polar surface area (TPSA) is 67.9 Å². The van der Waals surface area contributed by atoms with Crippen LogP contribution in [0.2, 0.25) is 0 Å². The van der Waals surface area contributed by atoms with Crippen molar-refractivity contribution in [2.24, 2.45) is 0 Å².